The van der Waals surface area contributed by atoms with Crippen LogP contribution < -0.4 is 0 Å². The lowest BCUT2D eigenvalue weighted by Gasteiger charge is -2.05. The molecule has 1 aromatic rings. The van der Waals surface area contributed by atoms with E-state index in [1.807, 2.05) is 0 Å². The monoisotopic (exact) mass is 183 g/mol. The highest BCUT2D eigenvalue weighted by Crippen LogP contribution is 2.37. The lowest BCUT2D eigenvalue weighted by Crippen LogP contribution is -1.96. The summed E-state index contributed by atoms with van der Waals surface area (Å²) in [5.74, 6) is 0. The van der Waals surface area contributed by atoms with Gasteiger partial charge in [-0.3, -0.25) is 0 Å². The Morgan fingerprint density at radius 2 is 2.00 bits per heavy atom. The number of alkyl halides is 3. The van der Waals surface area contributed by atoms with Gasteiger partial charge in [0.1, 0.15) is 0 Å². The van der Waals surface area contributed by atoms with Crippen LogP contribution >= 0.6 is 34.8 Å². The number of H-pyrrole nitrogens is 1. The normalized spacial score (nSPS) is 11.9. The minimum Gasteiger partial charge on any atom is -0.367 e. The third-order valence-corrected chi connectivity index (χ3v) is 1.58. The molecule has 0 aliphatic heterocycles. The Morgan fingerprint density at radius 1 is 1.33 bits per heavy atom. The number of hydrogen-bond acceptors (Lipinski definition) is 0. The molecule has 0 fully saturated rings. The second-order valence-electron chi connectivity index (χ2n) is 1.60. The summed E-state index contributed by atoms with van der Waals surface area (Å²) in [6.45, 7) is 0. The van der Waals surface area contributed by atoms with Crippen molar-refractivity contribution in [3.63, 3.8) is 0 Å². The maximum atomic E-state index is 5.51. The van der Waals surface area contributed by atoms with Crippen molar-refractivity contribution in [3.05, 3.63) is 24.0 Å². The van der Waals surface area contributed by atoms with Crippen LogP contribution in [0, 0.1) is 0 Å². The van der Waals surface area contributed by atoms with Gasteiger partial charge in [0.25, 0.3) is 0 Å². The molecule has 0 saturated heterocycles. The molecule has 0 spiro atoms. The van der Waals surface area contributed by atoms with Gasteiger partial charge < -0.3 is 4.98 Å². The lowest BCUT2D eigenvalue weighted by molar-refractivity contribution is 1.24. The Morgan fingerprint density at radius 3 is 2.22 bits per heavy atom. The molecule has 0 amide bonds. The molecule has 1 rings (SSSR count). The average molecular weight is 184 g/mol. The molecular formula is C5H4Cl3N. The van der Waals surface area contributed by atoms with Crippen molar-refractivity contribution >= 4 is 34.8 Å². The van der Waals surface area contributed by atoms with Crippen LogP contribution in [0.25, 0.3) is 0 Å². The predicted octanol–water partition coefficient (Wildman–Crippen LogP) is 2.84. The van der Waals surface area contributed by atoms with E-state index in [9.17, 15) is 0 Å². The van der Waals surface area contributed by atoms with Crippen molar-refractivity contribution in [3.8, 4) is 0 Å². The molecule has 0 aliphatic rings. The first-order chi connectivity index (χ1) is 4.11. The zero-order chi connectivity index (χ0) is 6.91. The standard InChI is InChI=1S/C5H4Cl3N/c6-5(7,8)4-1-2-9-3-4/h1-3,9H. The van der Waals surface area contributed by atoms with E-state index >= 15 is 0 Å². The summed E-state index contributed by atoms with van der Waals surface area (Å²) in [4.78, 5) is 2.78. The molecule has 0 unspecified atom stereocenters. The molecule has 1 aromatic heterocycles. The van der Waals surface area contributed by atoms with Gasteiger partial charge in [-0.05, 0) is 6.07 Å². The Bertz CT molecular complexity index is 175. The quantitative estimate of drug-likeness (QED) is 0.597. The van der Waals surface area contributed by atoms with Gasteiger partial charge in [-0.15, -0.1) is 0 Å². The van der Waals surface area contributed by atoms with Gasteiger partial charge in [0.2, 0.25) is 3.79 Å². The second kappa shape index (κ2) is 2.41. The molecule has 0 aliphatic carbocycles. The Balaban J connectivity index is 2.90. The van der Waals surface area contributed by atoms with Gasteiger partial charge >= 0.3 is 0 Å². The zero-order valence-electron chi connectivity index (χ0n) is 4.37. The third kappa shape index (κ3) is 1.78. The fourth-order valence-electron chi connectivity index (χ4n) is 0.500. The van der Waals surface area contributed by atoms with Gasteiger partial charge in [0, 0.05) is 18.0 Å². The molecule has 0 radical (unpaired) electrons. The highest BCUT2D eigenvalue weighted by atomic mass is 35.6. The summed E-state index contributed by atoms with van der Waals surface area (Å²) in [5.41, 5.74) is 0.660. The average Bonchev–Trinajstić information content (AvgIpc) is 2.08. The van der Waals surface area contributed by atoms with E-state index < -0.39 is 3.79 Å². The molecule has 50 valence electrons. The second-order valence-corrected chi connectivity index (χ2v) is 3.88. The first-order valence-electron chi connectivity index (χ1n) is 2.30. The first kappa shape index (κ1) is 7.26. The molecule has 0 bridgehead atoms. The van der Waals surface area contributed by atoms with Gasteiger partial charge in [0.15, 0.2) is 0 Å². The molecule has 1 heterocycles. The minimum atomic E-state index is -1.29. The molecule has 1 N–H and O–H groups in total. The number of hydrogen-bond donors (Lipinski definition) is 1. The number of halogens is 3. The summed E-state index contributed by atoms with van der Waals surface area (Å²) in [6.07, 6.45) is 3.35. The predicted molar refractivity (Wildman–Crippen MR) is 40.0 cm³/mol. The summed E-state index contributed by atoms with van der Waals surface area (Å²) < 4.78 is -1.29. The third-order valence-electron chi connectivity index (χ3n) is 0.925. The van der Waals surface area contributed by atoms with Gasteiger partial charge in [-0.2, -0.15) is 0 Å². The fourth-order valence-corrected chi connectivity index (χ4v) is 0.853. The molecule has 4 heteroatoms. The summed E-state index contributed by atoms with van der Waals surface area (Å²) in [5, 5.41) is 0. The lowest BCUT2D eigenvalue weighted by atomic mass is 10.4. The van der Waals surface area contributed by atoms with E-state index in [1.165, 1.54) is 0 Å². The highest BCUT2D eigenvalue weighted by molar-refractivity contribution is 6.66. The van der Waals surface area contributed by atoms with E-state index in [4.69, 9.17) is 34.8 Å². The zero-order valence-corrected chi connectivity index (χ0v) is 6.63. The van der Waals surface area contributed by atoms with Crippen molar-refractivity contribution in [1.82, 2.24) is 4.98 Å². The number of aromatic nitrogens is 1. The molecule has 0 saturated carbocycles. The summed E-state index contributed by atoms with van der Waals surface area (Å²) in [6, 6.07) is 1.72. The fraction of sp³-hybridized carbons (Fsp3) is 0.200. The Hall–Kier alpha value is 0.150. The van der Waals surface area contributed by atoms with Crippen LogP contribution in [-0.2, 0) is 3.79 Å². The van der Waals surface area contributed by atoms with E-state index in [2.05, 4.69) is 4.98 Å². The van der Waals surface area contributed by atoms with Crippen molar-refractivity contribution in [1.29, 1.82) is 0 Å². The van der Waals surface area contributed by atoms with Crippen molar-refractivity contribution < 1.29 is 0 Å². The van der Waals surface area contributed by atoms with E-state index in [1.54, 1.807) is 18.5 Å². The maximum absolute atomic E-state index is 5.51. The molecule has 0 atom stereocenters. The van der Waals surface area contributed by atoms with Crippen LogP contribution in [0.2, 0.25) is 0 Å². The Labute approximate surface area is 67.9 Å². The molecule has 9 heavy (non-hydrogen) atoms. The maximum Gasteiger partial charge on any atom is 0.217 e. The Kier molecular flexibility index (Phi) is 1.94. The summed E-state index contributed by atoms with van der Waals surface area (Å²) in [7, 11) is 0. The minimum absolute atomic E-state index is 0.660. The van der Waals surface area contributed by atoms with E-state index in [-0.39, 0.29) is 0 Å². The van der Waals surface area contributed by atoms with Gasteiger partial charge in [0.05, 0.1) is 0 Å². The van der Waals surface area contributed by atoms with E-state index in [0.717, 1.165) is 0 Å². The highest BCUT2D eigenvalue weighted by Gasteiger charge is 2.22. The van der Waals surface area contributed by atoms with Gasteiger partial charge in [-0.1, -0.05) is 34.8 Å². The SMILES string of the molecule is ClC(Cl)(Cl)c1cc[nH]c1. The van der Waals surface area contributed by atoms with Crippen molar-refractivity contribution in [2.75, 3.05) is 0 Å². The first-order valence-corrected chi connectivity index (χ1v) is 3.44. The van der Waals surface area contributed by atoms with Crippen LogP contribution in [0.1, 0.15) is 5.56 Å². The van der Waals surface area contributed by atoms with Crippen molar-refractivity contribution in [2.24, 2.45) is 0 Å². The van der Waals surface area contributed by atoms with Crippen LogP contribution in [0.15, 0.2) is 18.5 Å². The smallest absolute Gasteiger partial charge is 0.217 e. The molecular weight excluding hydrogens is 180 g/mol. The molecule has 1 nitrogen and oxygen atoms in total. The number of rotatable bonds is 0. The number of nitrogens with one attached hydrogen (secondary N) is 1. The largest absolute Gasteiger partial charge is 0.367 e. The van der Waals surface area contributed by atoms with Crippen LogP contribution in [0.4, 0.5) is 0 Å². The molecule has 0 aromatic carbocycles. The van der Waals surface area contributed by atoms with Crippen LogP contribution in [-0.4, -0.2) is 4.98 Å². The number of aromatic amines is 1. The summed E-state index contributed by atoms with van der Waals surface area (Å²) >= 11 is 16.5. The van der Waals surface area contributed by atoms with Crippen LogP contribution in [0.3, 0.4) is 0 Å². The van der Waals surface area contributed by atoms with Gasteiger partial charge in [-0.25, -0.2) is 0 Å². The van der Waals surface area contributed by atoms with Crippen LogP contribution in [0.5, 0.6) is 0 Å². The van der Waals surface area contributed by atoms with Crippen molar-refractivity contribution in [2.45, 2.75) is 3.79 Å². The van der Waals surface area contributed by atoms with E-state index in [0.29, 0.717) is 5.56 Å². The topological polar surface area (TPSA) is 15.8 Å².